The van der Waals surface area contributed by atoms with Gasteiger partial charge in [-0.05, 0) is 43.2 Å². The van der Waals surface area contributed by atoms with Crippen molar-refractivity contribution in [2.75, 3.05) is 5.32 Å². The summed E-state index contributed by atoms with van der Waals surface area (Å²) in [7, 11) is 0. The number of hydrogen-bond acceptors (Lipinski definition) is 2. The first-order valence-electron chi connectivity index (χ1n) is 6.13. The van der Waals surface area contributed by atoms with E-state index in [9.17, 15) is 0 Å². The molecule has 0 amide bonds. The first-order chi connectivity index (χ1) is 9.11. The van der Waals surface area contributed by atoms with E-state index in [-0.39, 0.29) is 6.04 Å². The SMILES string of the molecule is Cc1ccc(NC(C)c2ccccc2Cl)c(C#N)c1. The van der Waals surface area contributed by atoms with Crippen molar-refractivity contribution in [2.24, 2.45) is 0 Å². The van der Waals surface area contributed by atoms with Crippen LogP contribution in [-0.4, -0.2) is 0 Å². The number of hydrogen-bond donors (Lipinski definition) is 1. The monoisotopic (exact) mass is 270 g/mol. The second-order valence-electron chi connectivity index (χ2n) is 4.55. The maximum absolute atomic E-state index is 9.16. The van der Waals surface area contributed by atoms with Crippen LogP contribution in [0.25, 0.3) is 0 Å². The zero-order valence-corrected chi connectivity index (χ0v) is 11.7. The van der Waals surface area contributed by atoms with E-state index in [0.717, 1.165) is 21.8 Å². The Balaban J connectivity index is 2.27. The third-order valence-electron chi connectivity index (χ3n) is 3.04. The van der Waals surface area contributed by atoms with E-state index in [1.807, 2.05) is 56.3 Å². The van der Waals surface area contributed by atoms with Crippen LogP contribution in [0.4, 0.5) is 5.69 Å². The van der Waals surface area contributed by atoms with Crippen LogP contribution in [0.1, 0.15) is 29.7 Å². The van der Waals surface area contributed by atoms with Crippen molar-refractivity contribution in [1.82, 2.24) is 0 Å². The fraction of sp³-hybridized carbons (Fsp3) is 0.188. The molecule has 96 valence electrons. The summed E-state index contributed by atoms with van der Waals surface area (Å²) >= 11 is 6.18. The lowest BCUT2D eigenvalue weighted by atomic mass is 10.1. The number of nitriles is 1. The van der Waals surface area contributed by atoms with E-state index < -0.39 is 0 Å². The highest BCUT2D eigenvalue weighted by atomic mass is 35.5. The summed E-state index contributed by atoms with van der Waals surface area (Å²) in [6.07, 6.45) is 0. The van der Waals surface area contributed by atoms with Crippen molar-refractivity contribution in [3.63, 3.8) is 0 Å². The van der Waals surface area contributed by atoms with Gasteiger partial charge in [0.1, 0.15) is 6.07 Å². The topological polar surface area (TPSA) is 35.8 Å². The van der Waals surface area contributed by atoms with E-state index in [0.29, 0.717) is 5.56 Å². The normalized spacial score (nSPS) is 11.7. The number of anilines is 1. The Morgan fingerprint density at radius 3 is 2.63 bits per heavy atom. The molecule has 0 saturated heterocycles. The molecule has 2 rings (SSSR count). The number of halogens is 1. The van der Waals surface area contributed by atoms with Gasteiger partial charge in [0.05, 0.1) is 17.3 Å². The Hall–Kier alpha value is -1.98. The van der Waals surface area contributed by atoms with E-state index >= 15 is 0 Å². The van der Waals surface area contributed by atoms with E-state index in [1.54, 1.807) is 0 Å². The van der Waals surface area contributed by atoms with Crippen LogP contribution in [0.5, 0.6) is 0 Å². The highest BCUT2D eigenvalue weighted by molar-refractivity contribution is 6.31. The summed E-state index contributed by atoms with van der Waals surface area (Å²) in [6, 6.07) is 15.8. The molecule has 1 atom stereocenters. The number of nitrogens with zero attached hydrogens (tertiary/aromatic N) is 1. The molecule has 0 aromatic heterocycles. The number of rotatable bonds is 3. The minimum absolute atomic E-state index is 0.0449. The quantitative estimate of drug-likeness (QED) is 0.878. The maximum Gasteiger partial charge on any atom is 0.101 e. The van der Waals surface area contributed by atoms with Crippen LogP contribution >= 0.6 is 11.6 Å². The summed E-state index contributed by atoms with van der Waals surface area (Å²) in [5, 5.41) is 13.2. The molecule has 2 aromatic carbocycles. The van der Waals surface area contributed by atoms with Gasteiger partial charge in [-0.25, -0.2) is 0 Å². The molecule has 0 radical (unpaired) electrons. The fourth-order valence-corrected chi connectivity index (χ4v) is 2.31. The zero-order valence-electron chi connectivity index (χ0n) is 10.9. The Kier molecular flexibility index (Phi) is 4.09. The standard InChI is InChI=1S/C16H15ClN2/c1-11-7-8-16(13(9-11)10-18)19-12(2)14-5-3-4-6-15(14)17/h3-9,12,19H,1-2H3. The Morgan fingerprint density at radius 1 is 1.21 bits per heavy atom. The van der Waals surface area contributed by atoms with Crippen LogP contribution in [-0.2, 0) is 0 Å². The lowest BCUT2D eigenvalue weighted by molar-refractivity contribution is 0.884. The van der Waals surface area contributed by atoms with Crippen LogP contribution in [0.2, 0.25) is 5.02 Å². The molecule has 2 nitrogen and oxygen atoms in total. The van der Waals surface area contributed by atoms with Crippen molar-refractivity contribution < 1.29 is 0 Å². The van der Waals surface area contributed by atoms with Gasteiger partial charge in [-0.1, -0.05) is 35.9 Å². The smallest absolute Gasteiger partial charge is 0.101 e. The van der Waals surface area contributed by atoms with Crippen molar-refractivity contribution >= 4 is 17.3 Å². The highest BCUT2D eigenvalue weighted by Crippen LogP contribution is 2.27. The van der Waals surface area contributed by atoms with Gasteiger partial charge in [-0.15, -0.1) is 0 Å². The Bertz CT molecular complexity index is 629. The van der Waals surface area contributed by atoms with Crippen molar-refractivity contribution in [3.05, 3.63) is 64.2 Å². The second-order valence-corrected chi connectivity index (χ2v) is 4.96. The summed E-state index contributed by atoms with van der Waals surface area (Å²) in [6.45, 7) is 4.00. The second kappa shape index (κ2) is 5.77. The minimum Gasteiger partial charge on any atom is -0.377 e. The average molecular weight is 271 g/mol. The Labute approximate surface area is 118 Å². The lowest BCUT2D eigenvalue weighted by Crippen LogP contribution is -2.08. The Morgan fingerprint density at radius 2 is 1.95 bits per heavy atom. The van der Waals surface area contributed by atoms with Gasteiger partial charge in [0.2, 0.25) is 0 Å². The van der Waals surface area contributed by atoms with E-state index in [2.05, 4.69) is 11.4 Å². The fourth-order valence-electron chi connectivity index (χ4n) is 2.01. The van der Waals surface area contributed by atoms with Crippen molar-refractivity contribution in [1.29, 1.82) is 5.26 Å². The van der Waals surface area contributed by atoms with Crippen LogP contribution in [0, 0.1) is 18.3 Å². The molecule has 0 saturated carbocycles. The summed E-state index contributed by atoms with van der Waals surface area (Å²) in [5.74, 6) is 0. The predicted molar refractivity (Wildman–Crippen MR) is 79.4 cm³/mol. The minimum atomic E-state index is 0.0449. The molecule has 0 aliphatic heterocycles. The first kappa shape index (κ1) is 13.5. The lowest BCUT2D eigenvalue weighted by Gasteiger charge is -2.18. The van der Waals surface area contributed by atoms with Gasteiger partial charge in [0.15, 0.2) is 0 Å². The van der Waals surface area contributed by atoms with Gasteiger partial charge in [0.25, 0.3) is 0 Å². The largest absolute Gasteiger partial charge is 0.377 e. The maximum atomic E-state index is 9.16. The van der Waals surface area contributed by atoms with E-state index in [4.69, 9.17) is 16.9 Å². The molecule has 0 spiro atoms. The van der Waals surface area contributed by atoms with Gasteiger partial charge < -0.3 is 5.32 Å². The first-order valence-corrected chi connectivity index (χ1v) is 6.51. The van der Waals surface area contributed by atoms with Gasteiger partial charge in [0, 0.05) is 5.02 Å². The summed E-state index contributed by atoms with van der Waals surface area (Å²) in [5.41, 5.74) is 3.58. The third kappa shape index (κ3) is 3.07. The molecule has 1 N–H and O–H groups in total. The summed E-state index contributed by atoms with van der Waals surface area (Å²) < 4.78 is 0. The summed E-state index contributed by atoms with van der Waals surface area (Å²) in [4.78, 5) is 0. The van der Waals surface area contributed by atoms with Crippen LogP contribution in [0.15, 0.2) is 42.5 Å². The van der Waals surface area contributed by atoms with Gasteiger partial charge >= 0.3 is 0 Å². The molecule has 19 heavy (non-hydrogen) atoms. The van der Waals surface area contributed by atoms with Crippen molar-refractivity contribution in [2.45, 2.75) is 19.9 Å². The van der Waals surface area contributed by atoms with Crippen molar-refractivity contribution in [3.8, 4) is 6.07 Å². The number of benzene rings is 2. The highest BCUT2D eigenvalue weighted by Gasteiger charge is 2.11. The molecule has 3 heteroatoms. The zero-order chi connectivity index (χ0) is 13.8. The number of aryl methyl sites for hydroxylation is 1. The van der Waals surface area contributed by atoms with E-state index in [1.165, 1.54) is 0 Å². The molecule has 0 heterocycles. The molecule has 0 aliphatic rings. The molecule has 0 fully saturated rings. The molecule has 0 aliphatic carbocycles. The molecular formula is C16H15ClN2. The molecule has 0 bridgehead atoms. The average Bonchev–Trinajstić information content (AvgIpc) is 2.41. The van der Waals surface area contributed by atoms with Crippen LogP contribution < -0.4 is 5.32 Å². The molecular weight excluding hydrogens is 256 g/mol. The van der Waals surface area contributed by atoms with Gasteiger partial charge in [-0.3, -0.25) is 0 Å². The number of nitrogens with one attached hydrogen (secondary N) is 1. The predicted octanol–water partition coefficient (Wildman–Crippen LogP) is 4.69. The third-order valence-corrected chi connectivity index (χ3v) is 3.38. The van der Waals surface area contributed by atoms with Gasteiger partial charge in [-0.2, -0.15) is 5.26 Å². The molecule has 1 unspecified atom stereocenters. The van der Waals surface area contributed by atoms with Crippen LogP contribution in [0.3, 0.4) is 0 Å². The molecule has 2 aromatic rings.